The lowest BCUT2D eigenvalue weighted by atomic mass is 9.64. The lowest BCUT2D eigenvalue weighted by molar-refractivity contribution is -0.150. The molecule has 1 saturated carbocycles. The third-order valence-corrected chi connectivity index (χ3v) is 3.87. The zero-order valence-corrected chi connectivity index (χ0v) is 11.2. The van der Waals surface area contributed by atoms with Gasteiger partial charge in [-0.2, -0.15) is 0 Å². The van der Waals surface area contributed by atoms with Crippen LogP contribution in [0.5, 0.6) is 11.5 Å². The summed E-state index contributed by atoms with van der Waals surface area (Å²) in [4.78, 5) is 11.7. The molecule has 1 aliphatic carbocycles. The maximum absolute atomic E-state index is 11.7. The fourth-order valence-corrected chi connectivity index (χ4v) is 2.25. The SMILES string of the molecule is CCOc1ccccc1OC1CC(=O)C1(C)CC. The van der Waals surface area contributed by atoms with Gasteiger partial charge < -0.3 is 9.47 Å². The molecular weight excluding hydrogens is 228 g/mol. The van der Waals surface area contributed by atoms with Gasteiger partial charge in [0.1, 0.15) is 11.9 Å². The van der Waals surface area contributed by atoms with Crippen molar-refractivity contribution in [2.24, 2.45) is 5.41 Å². The van der Waals surface area contributed by atoms with Gasteiger partial charge in [-0.05, 0) is 32.4 Å². The number of carbonyl (C=O) groups excluding carboxylic acids is 1. The number of hydrogen-bond acceptors (Lipinski definition) is 3. The molecule has 2 atom stereocenters. The number of hydrogen-bond donors (Lipinski definition) is 0. The Balaban J connectivity index is 2.13. The summed E-state index contributed by atoms with van der Waals surface area (Å²) in [6.07, 6.45) is 1.29. The molecule has 1 aromatic carbocycles. The van der Waals surface area contributed by atoms with Crippen LogP contribution < -0.4 is 9.47 Å². The first-order valence-corrected chi connectivity index (χ1v) is 6.53. The van der Waals surface area contributed by atoms with Gasteiger partial charge in [0.05, 0.1) is 12.0 Å². The minimum atomic E-state index is -0.334. The molecule has 0 radical (unpaired) electrons. The largest absolute Gasteiger partial charge is 0.490 e. The van der Waals surface area contributed by atoms with Crippen LogP contribution in [0.15, 0.2) is 24.3 Å². The van der Waals surface area contributed by atoms with Gasteiger partial charge in [-0.3, -0.25) is 4.79 Å². The number of benzene rings is 1. The standard InChI is InChI=1S/C15H20O3/c1-4-15(3)13(16)10-14(15)18-12-9-7-6-8-11(12)17-5-2/h6-9,14H,4-5,10H2,1-3H3. The second-order valence-electron chi connectivity index (χ2n) is 4.88. The van der Waals surface area contributed by atoms with Crippen molar-refractivity contribution >= 4 is 5.78 Å². The molecule has 1 aliphatic rings. The predicted octanol–water partition coefficient (Wildman–Crippen LogP) is 3.22. The molecule has 0 amide bonds. The molecule has 1 aromatic rings. The summed E-state index contributed by atoms with van der Waals surface area (Å²) >= 11 is 0. The van der Waals surface area contributed by atoms with E-state index in [0.717, 1.165) is 17.9 Å². The Hall–Kier alpha value is -1.51. The minimum Gasteiger partial charge on any atom is -0.490 e. The molecule has 0 saturated heterocycles. The third kappa shape index (κ3) is 2.09. The zero-order valence-electron chi connectivity index (χ0n) is 11.2. The predicted molar refractivity (Wildman–Crippen MR) is 70.0 cm³/mol. The molecule has 0 heterocycles. The van der Waals surface area contributed by atoms with E-state index in [1.807, 2.05) is 45.0 Å². The van der Waals surface area contributed by atoms with Gasteiger partial charge in [-0.1, -0.05) is 19.1 Å². The molecule has 3 nitrogen and oxygen atoms in total. The summed E-state index contributed by atoms with van der Waals surface area (Å²) < 4.78 is 11.5. The van der Waals surface area contributed by atoms with Crippen molar-refractivity contribution in [2.75, 3.05) is 6.61 Å². The monoisotopic (exact) mass is 248 g/mol. The molecule has 98 valence electrons. The summed E-state index contributed by atoms with van der Waals surface area (Å²) in [5.41, 5.74) is -0.334. The fourth-order valence-electron chi connectivity index (χ4n) is 2.25. The number of Topliss-reactive ketones (excluding diaryl/α,β-unsaturated/α-hetero) is 1. The summed E-state index contributed by atoms with van der Waals surface area (Å²) in [5, 5.41) is 0. The summed E-state index contributed by atoms with van der Waals surface area (Å²) in [6.45, 7) is 6.56. The Labute approximate surface area is 108 Å². The van der Waals surface area contributed by atoms with E-state index >= 15 is 0 Å². The van der Waals surface area contributed by atoms with Gasteiger partial charge >= 0.3 is 0 Å². The highest BCUT2D eigenvalue weighted by atomic mass is 16.5. The maximum atomic E-state index is 11.7. The van der Waals surface area contributed by atoms with E-state index in [1.165, 1.54) is 0 Å². The van der Waals surface area contributed by atoms with Crippen molar-refractivity contribution < 1.29 is 14.3 Å². The first-order chi connectivity index (χ1) is 8.61. The second kappa shape index (κ2) is 5.01. The van der Waals surface area contributed by atoms with E-state index < -0.39 is 0 Å². The minimum absolute atomic E-state index is 0.0309. The van der Waals surface area contributed by atoms with Crippen LogP contribution in [0.1, 0.15) is 33.6 Å². The molecule has 0 aromatic heterocycles. The molecular formula is C15H20O3. The molecule has 18 heavy (non-hydrogen) atoms. The van der Waals surface area contributed by atoms with Gasteiger partial charge in [0, 0.05) is 6.42 Å². The lowest BCUT2D eigenvalue weighted by Gasteiger charge is -2.44. The van der Waals surface area contributed by atoms with Gasteiger partial charge in [0.25, 0.3) is 0 Å². The Bertz CT molecular complexity index is 441. The number of rotatable bonds is 5. The van der Waals surface area contributed by atoms with Crippen molar-refractivity contribution in [3.05, 3.63) is 24.3 Å². The normalized spacial score (nSPS) is 26.6. The average molecular weight is 248 g/mol. The van der Waals surface area contributed by atoms with E-state index in [1.54, 1.807) is 0 Å². The van der Waals surface area contributed by atoms with Crippen LogP contribution in [0.3, 0.4) is 0 Å². The zero-order chi connectivity index (χ0) is 13.2. The van der Waals surface area contributed by atoms with Gasteiger partial charge in [0.2, 0.25) is 0 Å². The summed E-state index contributed by atoms with van der Waals surface area (Å²) in [7, 11) is 0. The summed E-state index contributed by atoms with van der Waals surface area (Å²) in [6, 6.07) is 7.62. The van der Waals surface area contributed by atoms with E-state index in [4.69, 9.17) is 9.47 Å². The third-order valence-electron chi connectivity index (χ3n) is 3.87. The Kier molecular flexibility index (Phi) is 3.60. The molecule has 0 N–H and O–H groups in total. The Morgan fingerprint density at radius 1 is 1.28 bits per heavy atom. The lowest BCUT2D eigenvalue weighted by Crippen LogP contribution is -2.54. The Morgan fingerprint density at radius 3 is 2.50 bits per heavy atom. The average Bonchev–Trinajstić information content (AvgIpc) is 2.39. The van der Waals surface area contributed by atoms with E-state index in [0.29, 0.717) is 18.8 Å². The van der Waals surface area contributed by atoms with Crippen molar-refractivity contribution in [3.63, 3.8) is 0 Å². The van der Waals surface area contributed by atoms with Crippen LogP contribution in [0, 0.1) is 5.41 Å². The van der Waals surface area contributed by atoms with Crippen LogP contribution in [0.2, 0.25) is 0 Å². The smallest absolute Gasteiger partial charge is 0.161 e. The highest BCUT2D eigenvalue weighted by molar-refractivity contribution is 5.92. The van der Waals surface area contributed by atoms with Crippen LogP contribution >= 0.6 is 0 Å². The van der Waals surface area contributed by atoms with E-state index in [9.17, 15) is 4.79 Å². The van der Waals surface area contributed by atoms with Crippen LogP contribution in [0.25, 0.3) is 0 Å². The molecule has 1 fully saturated rings. The Morgan fingerprint density at radius 2 is 1.94 bits per heavy atom. The van der Waals surface area contributed by atoms with E-state index in [2.05, 4.69) is 0 Å². The van der Waals surface area contributed by atoms with Crippen molar-refractivity contribution in [1.82, 2.24) is 0 Å². The quantitative estimate of drug-likeness (QED) is 0.802. The van der Waals surface area contributed by atoms with Gasteiger partial charge in [-0.25, -0.2) is 0 Å². The first-order valence-electron chi connectivity index (χ1n) is 6.53. The molecule has 2 unspecified atom stereocenters. The maximum Gasteiger partial charge on any atom is 0.161 e. The molecule has 2 rings (SSSR count). The van der Waals surface area contributed by atoms with Gasteiger partial charge in [-0.15, -0.1) is 0 Å². The highest BCUT2D eigenvalue weighted by Crippen LogP contribution is 2.43. The first kappa shape index (κ1) is 12.9. The second-order valence-corrected chi connectivity index (χ2v) is 4.88. The number of carbonyl (C=O) groups is 1. The molecule has 0 aliphatic heterocycles. The summed E-state index contributed by atoms with van der Waals surface area (Å²) in [5.74, 6) is 1.78. The van der Waals surface area contributed by atoms with E-state index in [-0.39, 0.29) is 11.5 Å². The molecule has 3 heteroatoms. The van der Waals surface area contributed by atoms with Crippen molar-refractivity contribution in [3.8, 4) is 11.5 Å². The highest BCUT2D eigenvalue weighted by Gasteiger charge is 2.51. The topological polar surface area (TPSA) is 35.5 Å². The van der Waals surface area contributed by atoms with Crippen LogP contribution in [-0.2, 0) is 4.79 Å². The van der Waals surface area contributed by atoms with Crippen LogP contribution in [-0.4, -0.2) is 18.5 Å². The molecule has 0 bridgehead atoms. The van der Waals surface area contributed by atoms with Crippen molar-refractivity contribution in [1.29, 1.82) is 0 Å². The fraction of sp³-hybridized carbons (Fsp3) is 0.533. The molecule has 0 spiro atoms. The number of ether oxygens (including phenoxy) is 2. The van der Waals surface area contributed by atoms with Crippen molar-refractivity contribution in [2.45, 2.75) is 39.7 Å². The number of para-hydroxylation sites is 2. The number of ketones is 1. The van der Waals surface area contributed by atoms with Crippen LogP contribution in [0.4, 0.5) is 0 Å². The van der Waals surface area contributed by atoms with Gasteiger partial charge in [0.15, 0.2) is 11.5 Å².